The first-order valence-corrected chi connectivity index (χ1v) is 6.42. The molecule has 4 heteroatoms. The first-order valence-electron chi connectivity index (χ1n) is 5.60. The van der Waals surface area contributed by atoms with Crippen molar-refractivity contribution in [2.45, 2.75) is 20.4 Å². The van der Waals surface area contributed by atoms with Crippen LogP contribution in [0.15, 0.2) is 24.3 Å². The van der Waals surface area contributed by atoms with Gasteiger partial charge in [0.05, 0.1) is 5.69 Å². The van der Waals surface area contributed by atoms with Crippen LogP contribution in [-0.4, -0.2) is 0 Å². The molecule has 1 N–H and O–H groups in total. The van der Waals surface area contributed by atoms with Crippen LogP contribution in [0.4, 0.5) is 10.1 Å². The molecule has 0 saturated carbocycles. The van der Waals surface area contributed by atoms with Crippen LogP contribution in [0.25, 0.3) is 0 Å². The van der Waals surface area contributed by atoms with Crippen molar-refractivity contribution in [1.82, 2.24) is 0 Å². The number of rotatable bonds is 3. The summed E-state index contributed by atoms with van der Waals surface area (Å²) in [5.41, 5.74) is 1.80. The summed E-state index contributed by atoms with van der Waals surface area (Å²) < 4.78 is 13.4. The second kappa shape index (κ2) is 5.19. The molecule has 0 aliphatic carbocycles. The van der Waals surface area contributed by atoms with Crippen molar-refractivity contribution >= 4 is 17.0 Å². The van der Waals surface area contributed by atoms with E-state index in [0.29, 0.717) is 12.2 Å². The van der Waals surface area contributed by atoms with Gasteiger partial charge in [0.1, 0.15) is 17.4 Å². The summed E-state index contributed by atoms with van der Waals surface area (Å²) in [4.78, 5) is 2.50. The molecule has 1 heterocycles. The van der Waals surface area contributed by atoms with Crippen LogP contribution in [-0.2, 0) is 6.54 Å². The molecule has 2 nitrogen and oxygen atoms in total. The molecule has 0 aliphatic rings. The van der Waals surface area contributed by atoms with E-state index in [4.69, 9.17) is 5.26 Å². The van der Waals surface area contributed by atoms with Crippen LogP contribution < -0.4 is 5.32 Å². The SMILES string of the molecule is Cc1cc(CNc2cccc(F)c2C#N)c(C)s1. The van der Waals surface area contributed by atoms with E-state index in [-0.39, 0.29) is 5.56 Å². The van der Waals surface area contributed by atoms with E-state index in [9.17, 15) is 4.39 Å². The van der Waals surface area contributed by atoms with E-state index >= 15 is 0 Å². The van der Waals surface area contributed by atoms with Crippen molar-refractivity contribution < 1.29 is 4.39 Å². The third kappa shape index (κ3) is 2.52. The number of nitrogens with zero attached hydrogens (tertiary/aromatic N) is 1. The summed E-state index contributed by atoms with van der Waals surface area (Å²) in [5.74, 6) is -0.485. The normalized spacial score (nSPS) is 10.1. The highest BCUT2D eigenvalue weighted by Crippen LogP contribution is 2.23. The molecule has 0 atom stereocenters. The first kappa shape index (κ1) is 12.6. The Morgan fingerprint density at radius 2 is 2.17 bits per heavy atom. The molecule has 1 aromatic heterocycles. The van der Waals surface area contributed by atoms with Gasteiger partial charge < -0.3 is 5.32 Å². The predicted molar refractivity (Wildman–Crippen MR) is 72.2 cm³/mol. The number of halogens is 1. The second-order valence-corrected chi connectivity index (χ2v) is 5.53. The molecule has 18 heavy (non-hydrogen) atoms. The van der Waals surface area contributed by atoms with E-state index in [2.05, 4.69) is 25.2 Å². The predicted octanol–water partition coefficient (Wildman–Crippen LogP) is 3.99. The lowest BCUT2D eigenvalue weighted by Gasteiger charge is -2.08. The number of benzene rings is 1. The van der Waals surface area contributed by atoms with Crippen LogP contribution >= 0.6 is 11.3 Å². The highest BCUT2D eigenvalue weighted by molar-refractivity contribution is 7.12. The van der Waals surface area contributed by atoms with Gasteiger partial charge >= 0.3 is 0 Å². The fourth-order valence-corrected chi connectivity index (χ4v) is 2.78. The molecule has 0 aliphatic heterocycles. The summed E-state index contributed by atoms with van der Waals surface area (Å²) >= 11 is 1.74. The van der Waals surface area contributed by atoms with Gasteiger partial charge in [-0.3, -0.25) is 0 Å². The van der Waals surface area contributed by atoms with Crippen LogP contribution in [0.2, 0.25) is 0 Å². The Labute approximate surface area is 110 Å². The van der Waals surface area contributed by atoms with Crippen LogP contribution in [0.5, 0.6) is 0 Å². The van der Waals surface area contributed by atoms with Crippen molar-refractivity contribution in [3.8, 4) is 6.07 Å². The molecule has 0 saturated heterocycles. The van der Waals surface area contributed by atoms with Crippen LogP contribution in [0, 0.1) is 31.0 Å². The van der Waals surface area contributed by atoms with Gasteiger partial charge in [-0.05, 0) is 37.6 Å². The van der Waals surface area contributed by atoms with Crippen molar-refractivity contribution in [3.05, 3.63) is 51.0 Å². The molecule has 2 rings (SSSR count). The Balaban J connectivity index is 2.19. The average molecular weight is 260 g/mol. The quantitative estimate of drug-likeness (QED) is 0.905. The van der Waals surface area contributed by atoms with Crippen LogP contribution in [0.3, 0.4) is 0 Å². The summed E-state index contributed by atoms with van der Waals surface area (Å²) in [5, 5.41) is 12.0. The van der Waals surface area contributed by atoms with E-state index in [1.165, 1.54) is 21.4 Å². The summed E-state index contributed by atoms with van der Waals surface area (Å²) in [6.45, 7) is 4.73. The van der Waals surface area contributed by atoms with Gasteiger partial charge in [-0.25, -0.2) is 4.39 Å². The Hall–Kier alpha value is -1.86. The van der Waals surface area contributed by atoms with Crippen molar-refractivity contribution in [2.24, 2.45) is 0 Å². The molecule has 0 amide bonds. The topological polar surface area (TPSA) is 35.8 Å². The average Bonchev–Trinajstić information content (AvgIpc) is 2.65. The molecule has 0 bridgehead atoms. The maximum Gasteiger partial charge on any atom is 0.143 e. The molecule has 0 radical (unpaired) electrons. The largest absolute Gasteiger partial charge is 0.380 e. The van der Waals surface area contributed by atoms with Crippen LogP contribution in [0.1, 0.15) is 20.9 Å². The smallest absolute Gasteiger partial charge is 0.143 e. The van der Waals surface area contributed by atoms with E-state index < -0.39 is 5.82 Å². The maximum absolute atomic E-state index is 13.4. The lowest BCUT2D eigenvalue weighted by Crippen LogP contribution is -2.02. The lowest BCUT2D eigenvalue weighted by molar-refractivity contribution is 0.624. The van der Waals surface area contributed by atoms with Gasteiger partial charge in [0.25, 0.3) is 0 Å². The number of hydrogen-bond donors (Lipinski definition) is 1. The molecule has 1 aromatic carbocycles. The highest BCUT2D eigenvalue weighted by atomic mass is 32.1. The molecular formula is C14H13FN2S. The zero-order valence-corrected chi connectivity index (χ0v) is 11.1. The summed E-state index contributed by atoms with van der Waals surface area (Å²) in [6, 6.07) is 8.61. The minimum Gasteiger partial charge on any atom is -0.380 e. The van der Waals surface area contributed by atoms with Gasteiger partial charge in [-0.15, -0.1) is 11.3 Å². The first-order chi connectivity index (χ1) is 8.61. The van der Waals surface area contributed by atoms with Crippen molar-refractivity contribution in [3.63, 3.8) is 0 Å². The minimum absolute atomic E-state index is 0.0714. The molecule has 2 aromatic rings. The minimum atomic E-state index is -0.485. The van der Waals surface area contributed by atoms with Gasteiger partial charge in [-0.1, -0.05) is 6.07 Å². The van der Waals surface area contributed by atoms with Crippen molar-refractivity contribution in [2.75, 3.05) is 5.32 Å². The third-order valence-electron chi connectivity index (χ3n) is 2.74. The van der Waals surface area contributed by atoms with E-state index in [0.717, 1.165) is 0 Å². The van der Waals surface area contributed by atoms with Gasteiger partial charge in [0, 0.05) is 16.3 Å². The van der Waals surface area contributed by atoms with Gasteiger partial charge in [-0.2, -0.15) is 5.26 Å². The van der Waals surface area contributed by atoms with Gasteiger partial charge in [0.15, 0.2) is 0 Å². The van der Waals surface area contributed by atoms with E-state index in [1.54, 1.807) is 23.5 Å². The Morgan fingerprint density at radius 3 is 2.78 bits per heavy atom. The summed E-state index contributed by atoms with van der Waals surface area (Å²) in [6.07, 6.45) is 0. The summed E-state index contributed by atoms with van der Waals surface area (Å²) in [7, 11) is 0. The fraction of sp³-hybridized carbons (Fsp3) is 0.214. The molecule has 92 valence electrons. The zero-order valence-electron chi connectivity index (χ0n) is 10.2. The molecule has 0 fully saturated rings. The lowest BCUT2D eigenvalue weighted by atomic mass is 10.1. The maximum atomic E-state index is 13.4. The third-order valence-corrected chi connectivity index (χ3v) is 3.75. The van der Waals surface area contributed by atoms with Crippen molar-refractivity contribution in [1.29, 1.82) is 5.26 Å². The number of anilines is 1. The highest BCUT2D eigenvalue weighted by Gasteiger charge is 2.08. The Bertz CT molecular complexity index is 611. The standard InChI is InChI=1S/C14H13FN2S/c1-9-6-11(10(2)18-9)8-17-14-5-3-4-13(15)12(14)7-16/h3-6,17H,8H2,1-2H3. The number of hydrogen-bond acceptors (Lipinski definition) is 3. The van der Waals surface area contributed by atoms with E-state index in [1.807, 2.05) is 6.07 Å². The monoisotopic (exact) mass is 260 g/mol. The number of nitrogens with one attached hydrogen (secondary N) is 1. The van der Waals surface area contributed by atoms with Gasteiger partial charge in [0.2, 0.25) is 0 Å². The number of thiophene rings is 1. The number of nitriles is 1. The molecule has 0 spiro atoms. The zero-order chi connectivity index (χ0) is 13.1. The Kier molecular flexibility index (Phi) is 3.63. The molecule has 0 unspecified atom stereocenters. The molecular weight excluding hydrogens is 247 g/mol. The second-order valence-electron chi connectivity index (χ2n) is 4.07. The fourth-order valence-electron chi connectivity index (χ4n) is 1.83. The number of aryl methyl sites for hydroxylation is 2. The Morgan fingerprint density at radius 1 is 1.39 bits per heavy atom.